The van der Waals surface area contributed by atoms with Gasteiger partial charge in [-0.3, -0.25) is 4.79 Å². The number of thiazole rings is 1. The van der Waals surface area contributed by atoms with Gasteiger partial charge in [-0.15, -0.1) is 11.3 Å². The number of nitrogens with one attached hydrogen (secondary N) is 1. The van der Waals surface area contributed by atoms with E-state index < -0.39 is 23.2 Å². The summed E-state index contributed by atoms with van der Waals surface area (Å²) in [7, 11) is 0. The zero-order valence-electron chi connectivity index (χ0n) is 16.2. The summed E-state index contributed by atoms with van der Waals surface area (Å²) < 4.78 is 21.7. The number of halogens is 1. The van der Waals surface area contributed by atoms with E-state index in [0.29, 0.717) is 30.7 Å². The van der Waals surface area contributed by atoms with Crippen LogP contribution >= 0.6 is 11.3 Å². The van der Waals surface area contributed by atoms with Gasteiger partial charge in [0, 0.05) is 18.7 Å². The van der Waals surface area contributed by atoms with Crippen LogP contribution in [0.1, 0.15) is 12.0 Å². The molecule has 6 nitrogen and oxygen atoms in total. The van der Waals surface area contributed by atoms with Crippen molar-refractivity contribution in [2.24, 2.45) is 11.7 Å². The standard InChI is InChI=1S/C22H21FN4O2S/c23-17-11-15(20-27-18-4-1-2-5-19(18)30-20)7-6-14(17)10-16(12-24)22(21(25)28)13-26-8-3-9-29-22/h1-2,4-7,11,16,26H,3,8-10,13H2,(H2,25,28)/t16-,22?/m0/s1. The van der Waals surface area contributed by atoms with Crippen molar-refractivity contribution in [3.8, 4) is 16.6 Å². The van der Waals surface area contributed by atoms with Crippen molar-refractivity contribution in [2.75, 3.05) is 19.7 Å². The summed E-state index contributed by atoms with van der Waals surface area (Å²) >= 11 is 1.49. The molecule has 1 fully saturated rings. The summed E-state index contributed by atoms with van der Waals surface area (Å²) in [6.07, 6.45) is 0.728. The third kappa shape index (κ3) is 3.79. The average Bonchev–Trinajstić information content (AvgIpc) is 3.02. The lowest BCUT2D eigenvalue weighted by atomic mass is 9.82. The van der Waals surface area contributed by atoms with Crippen molar-refractivity contribution in [3.63, 3.8) is 0 Å². The van der Waals surface area contributed by atoms with Gasteiger partial charge < -0.3 is 15.8 Å². The van der Waals surface area contributed by atoms with Crippen LogP contribution in [0.2, 0.25) is 0 Å². The number of ether oxygens (including phenoxy) is 1. The Hall–Kier alpha value is -2.86. The average molecular weight is 425 g/mol. The molecule has 1 amide bonds. The van der Waals surface area contributed by atoms with Crippen molar-refractivity contribution in [1.82, 2.24) is 10.3 Å². The Kier molecular flexibility index (Phi) is 5.77. The molecular formula is C22H21FN4O2S. The van der Waals surface area contributed by atoms with E-state index in [-0.39, 0.29) is 13.0 Å². The molecule has 1 unspecified atom stereocenters. The molecule has 2 atom stereocenters. The van der Waals surface area contributed by atoms with Gasteiger partial charge in [0.05, 0.1) is 22.2 Å². The van der Waals surface area contributed by atoms with E-state index in [2.05, 4.69) is 16.4 Å². The highest BCUT2D eigenvalue weighted by Gasteiger charge is 2.46. The van der Waals surface area contributed by atoms with Crippen LogP contribution in [0.25, 0.3) is 20.8 Å². The number of nitrogens with two attached hydrogens (primary N) is 1. The van der Waals surface area contributed by atoms with E-state index in [1.165, 1.54) is 17.4 Å². The van der Waals surface area contributed by atoms with Crippen LogP contribution in [-0.4, -0.2) is 36.2 Å². The fourth-order valence-electron chi connectivity index (χ4n) is 3.71. The summed E-state index contributed by atoms with van der Waals surface area (Å²) in [5.41, 5.74) is 6.01. The van der Waals surface area contributed by atoms with Crippen molar-refractivity contribution < 1.29 is 13.9 Å². The number of benzene rings is 2. The predicted octanol–water partition coefficient (Wildman–Crippen LogP) is 3.02. The van der Waals surface area contributed by atoms with Crippen molar-refractivity contribution in [3.05, 3.63) is 53.8 Å². The SMILES string of the molecule is N#C[C@H](Cc1ccc(-c2nc3ccccc3s2)cc1F)C1(C(N)=O)CNCCCO1. The highest BCUT2D eigenvalue weighted by molar-refractivity contribution is 7.21. The van der Waals surface area contributed by atoms with Crippen molar-refractivity contribution in [2.45, 2.75) is 18.4 Å². The highest BCUT2D eigenvalue weighted by Crippen LogP contribution is 2.32. The van der Waals surface area contributed by atoms with Crippen LogP contribution in [-0.2, 0) is 16.0 Å². The molecule has 0 bridgehead atoms. The number of carbonyl (C=O) groups excluding carboxylic acids is 1. The number of carbonyl (C=O) groups is 1. The van der Waals surface area contributed by atoms with Crippen LogP contribution in [0.15, 0.2) is 42.5 Å². The van der Waals surface area contributed by atoms with Crippen molar-refractivity contribution >= 4 is 27.5 Å². The van der Waals surface area contributed by atoms with E-state index in [1.54, 1.807) is 12.1 Å². The minimum Gasteiger partial charge on any atom is -0.367 e. The lowest BCUT2D eigenvalue weighted by Crippen LogP contribution is -2.57. The Labute approximate surface area is 177 Å². The fraction of sp³-hybridized carbons (Fsp3) is 0.318. The Morgan fingerprint density at radius 1 is 1.40 bits per heavy atom. The van der Waals surface area contributed by atoms with E-state index >= 15 is 0 Å². The summed E-state index contributed by atoms with van der Waals surface area (Å²) in [6, 6.07) is 14.7. The van der Waals surface area contributed by atoms with Crippen LogP contribution in [0, 0.1) is 23.1 Å². The maximum Gasteiger partial charge on any atom is 0.252 e. The molecule has 0 aliphatic carbocycles. The van der Waals surface area contributed by atoms with Gasteiger partial charge in [0.25, 0.3) is 5.91 Å². The monoisotopic (exact) mass is 424 g/mol. The van der Waals surface area contributed by atoms with Crippen molar-refractivity contribution in [1.29, 1.82) is 5.26 Å². The molecule has 8 heteroatoms. The number of nitrogens with zero attached hydrogens (tertiary/aromatic N) is 2. The smallest absolute Gasteiger partial charge is 0.252 e. The third-order valence-electron chi connectivity index (χ3n) is 5.40. The van der Waals surface area contributed by atoms with Gasteiger partial charge >= 0.3 is 0 Å². The van der Waals surface area contributed by atoms with E-state index in [4.69, 9.17) is 10.5 Å². The molecule has 1 aliphatic rings. The summed E-state index contributed by atoms with van der Waals surface area (Å²) in [5, 5.41) is 13.6. The molecule has 0 saturated carbocycles. The second kappa shape index (κ2) is 8.48. The molecule has 0 radical (unpaired) electrons. The third-order valence-corrected chi connectivity index (χ3v) is 6.48. The first-order chi connectivity index (χ1) is 14.5. The lowest BCUT2D eigenvalue weighted by Gasteiger charge is -2.33. The Balaban J connectivity index is 1.62. The molecule has 4 rings (SSSR count). The highest BCUT2D eigenvalue weighted by atomic mass is 32.1. The Bertz CT molecular complexity index is 1080. The number of hydrogen-bond acceptors (Lipinski definition) is 6. The zero-order valence-corrected chi connectivity index (χ0v) is 17.0. The molecule has 0 spiro atoms. The number of primary amides is 1. The summed E-state index contributed by atoms with van der Waals surface area (Å²) in [4.78, 5) is 16.8. The number of aromatic nitrogens is 1. The number of nitriles is 1. The van der Waals surface area contributed by atoms with E-state index in [0.717, 1.165) is 15.2 Å². The first-order valence-corrected chi connectivity index (χ1v) is 10.5. The molecule has 1 aliphatic heterocycles. The van der Waals surface area contributed by atoms with Gasteiger partial charge in [-0.25, -0.2) is 9.37 Å². The molecule has 3 aromatic rings. The van der Waals surface area contributed by atoms with E-state index in [9.17, 15) is 14.4 Å². The van der Waals surface area contributed by atoms with Crippen LogP contribution in [0.4, 0.5) is 4.39 Å². The Morgan fingerprint density at radius 2 is 2.23 bits per heavy atom. The summed E-state index contributed by atoms with van der Waals surface area (Å²) in [5.74, 6) is -2.08. The first kappa shape index (κ1) is 20.4. The molecule has 2 aromatic carbocycles. The van der Waals surface area contributed by atoms with Gasteiger partial charge in [0.1, 0.15) is 10.8 Å². The molecule has 3 N–H and O–H groups in total. The second-order valence-electron chi connectivity index (χ2n) is 7.31. The number of hydrogen-bond donors (Lipinski definition) is 2. The number of fused-ring (bicyclic) bond motifs is 1. The van der Waals surface area contributed by atoms with Gasteiger partial charge in [0.15, 0.2) is 5.60 Å². The molecule has 154 valence electrons. The van der Waals surface area contributed by atoms with Gasteiger partial charge in [-0.2, -0.15) is 5.26 Å². The van der Waals surface area contributed by atoms with Crippen LogP contribution in [0.3, 0.4) is 0 Å². The zero-order chi connectivity index (χ0) is 21.1. The second-order valence-corrected chi connectivity index (χ2v) is 8.34. The van der Waals surface area contributed by atoms with E-state index in [1.807, 2.05) is 24.3 Å². The maximum absolute atomic E-state index is 15.0. The molecule has 2 heterocycles. The number of amides is 1. The molecule has 1 saturated heterocycles. The first-order valence-electron chi connectivity index (χ1n) is 9.72. The fourth-order valence-corrected chi connectivity index (χ4v) is 4.67. The molecule has 1 aromatic heterocycles. The largest absolute Gasteiger partial charge is 0.367 e. The predicted molar refractivity (Wildman–Crippen MR) is 113 cm³/mol. The quantitative estimate of drug-likeness (QED) is 0.656. The number of para-hydroxylation sites is 1. The molecule has 30 heavy (non-hydrogen) atoms. The van der Waals surface area contributed by atoms with Crippen LogP contribution in [0.5, 0.6) is 0 Å². The van der Waals surface area contributed by atoms with Gasteiger partial charge in [0.2, 0.25) is 0 Å². The summed E-state index contributed by atoms with van der Waals surface area (Å²) in [6.45, 7) is 1.11. The lowest BCUT2D eigenvalue weighted by molar-refractivity contribution is -0.147. The van der Waals surface area contributed by atoms with Crippen LogP contribution < -0.4 is 11.1 Å². The molecular weight excluding hydrogens is 403 g/mol. The maximum atomic E-state index is 15.0. The minimum atomic E-state index is -1.48. The van der Waals surface area contributed by atoms with Gasteiger partial charge in [-0.05, 0) is 43.1 Å². The minimum absolute atomic E-state index is 0.0209. The van der Waals surface area contributed by atoms with Gasteiger partial charge in [-0.1, -0.05) is 24.3 Å². The topological polar surface area (TPSA) is 101 Å². The Morgan fingerprint density at radius 3 is 2.97 bits per heavy atom. The normalized spacial score (nSPS) is 20.4. The number of rotatable bonds is 5.